The lowest BCUT2D eigenvalue weighted by Gasteiger charge is -2.20. The Balaban J connectivity index is 1.41. The molecule has 1 aromatic carbocycles. The third-order valence-electron chi connectivity index (χ3n) is 5.35. The Morgan fingerprint density at radius 3 is 3.00 bits per heavy atom. The van der Waals surface area contributed by atoms with Gasteiger partial charge in [-0.1, -0.05) is 23.7 Å². The number of carbonyl (C=O) groups excluding carboxylic acids is 1. The van der Waals surface area contributed by atoms with Crippen LogP contribution in [0.4, 0.5) is 0 Å². The molecule has 0 fully saturated rings. The number of amides is 1. The Kier molecular flexibility index (Phi) is 5.02. The minimum atomic E-state index is -1.06. The Bertz CT molecular complexity index is 907. The summed E-state index contributed by atoms with van der Waals surface area (Å²) in [4.78, 5) is 18.4. The summed E-state index contributed by atoms with van der Waals surface area (Å²) >= 11 is 0. The summed E-state index contributed by atoms with van der Waals surface area (Å²) in [5.74, 6) is 2.29. The summed E-state index contributed by atoms with van der Waals surface area (Å²) < 4.78 is 7.52. The van der Waals surface area contributed by atoms with Crippen molar-refractivity contribution < 1.29 is 14.4 Å². The first-order chi connectivity index (χ1) is 13.6. The number of aromatic nitrogens is 3. The Labute approximate surface area is 163 Å². The molecule has 3 heterocycles. The van der Waals surface area contributed by atoms with E-state index >= 15 is 0 Å². The summed E-state index contributed by atoms with van der Waals surface area (Å²) in [6.07, 6.45) is 4.77. The van der Waals surface area contributed by atoms with Gasteiger partial charge in [0.1, 0.15) is 11.6 Å². The number of aryl methyl sites for hydroxylation is 1. The number of hydrogen-bond acceptors (Lipinski definition) is 6. The molecule has 148 valence electrons. The van der Waals surface area contributed by atoms with Crippen molar-refractivity contribution in [1.82, 2.24) is 20.1 Å². The molecular formula is C20H25N5O3. The van der Waals surface area contributed by atoms with Gasteiger partial charge >= 0.3 is 0 Å². The van der Waals surface area contributed by atoms with E-state index in [2.05, 4.69) is 25.2 Å². The van der Waals surface area contributed by atoms with E-state index in [-0.39, 0.29) is 5.91 Å². The number of hydrogen-bond donors (Lipinski definition) is 1. The molecule has 4 rings (SSSR count). The van der Waals surface area contributed by atoms with E-state index in [0.29, 0.717) is 24.4 Å². The summed E-state index contributed by atoms with van der Waals surface area (Å²) in [6, 6.07) is 7.58. The highest BCUT2D eigenvalue weighted by Crippen LogP contribution is 2.30. The number of methoxy groups -OCH3 is 1. The van der Waals surface area contributed by atoms with Crippen LogP contribution in [0.2, 0.25) is 0 Å². The van der Waals surface area contributed by atoms with Crippen LogP contribution in [0, 0.1) is 0 Å². The number of carbonyl (C=O) groups is 1. The first-order valence-electron chi connectivity index (χ1n) is 9.68. The maximum Gasteiger partial charge on any atom is 0.267 e. The van der Waals surface area contributed by atoms with Crippen molar-refractivity contribution in [3.05, 3.63) is 41.5 Å². The van der Waals surface area contributed by atoms with Crippen molar-refractivity contribution in [3.63, 3.8) is 0 Å². The molecule has 0 saturated carbocycles. The number of benzene rings is 1. The quantitative estimate of drug-likeness (QED) is 0.855. The second-order valence-corrected chi connectivity index (χ2v) is 7.41. The monoisotopic (exact) mass is 383 g/mol. The first-order valence-corrected chi connectivity index (χ1v) is 9.68. The number of nitrogens with zero attached hydrogens (tertiary/aromatic N) is 4. The average molecular weight is 383 g/mol. The second-order valence-electron chi connectivity index (χ2n) is 7.41. The van der Waals surface area contributed by atoms with Gasteiger partial charge in [0.05, 0.1) is 19.4 Å². The van der Waals surface area contributed by atoms with Crippen LogP contribution in [-0.2, 0) is 29.1 Å². The molecule has 2 aliphatic heterocycles. The minimum Gasteiger partial charge on any atom is -0.496 e. The Hall–Kier alpha value is -2.90. The van der Waals surface area contributed by atoms with Gasteiger partial charge in [-0.15, -0.1) is 10.2 Å². The van der Waals surface area contributed by atoms with Gasteiger partial charge in [-0.05, 0) is 31.9 Å². The number of oxime groups is 1. The van der Waals surface area contributed by atoms with Crippen molar-refractivity contribution in [2.75, 3.05) is 7.11 Å². The fourth-order valence-electron chi connectivity index (χ4n) is 3.71. The molecule has 0 bridgehead atoms. The third-order valence-corrected chi connectivity index (χ3v) is 5.35. The van der Waals surface area contributed by atoms with Gasteiger partial charge in [0.15, 0.2) is 5.82 Å². The Morgan fingerprint density at radius 1 is 1.29 bits per heavy atom. The standard InChI is InChI=1S/C20H25N5O3/c1-20(12-15(24-28-20)14-8-5-6-9-16(14)27-2)19(26)21-13-18-23-22-17-10-4-3-7-11-25(17)18/h5-6,8-9H,3-4,7,10-13H2,1-2H3,(H,21,26). The van der Waals surface area contributed by atoms with Gasteiger partial charge < -0.3 is 19.5 Å². The molecule has 0 radical (unpaired) electrons. The molecule has 1 unspecified atom stereocenters. The number of fused-ring (bicyclic) bond motifs is 1. The predicted molar refractivity (Wildman–Crippen MR) is 103 cm³/mol. The third kappa shape index (κ3) is 3.46. The largest absolute Gasteiger partial charge is 0.496 e. The van der Waals surface area contributed by atoms with Gasteiger partial charge in [0.25, 0.3) is 5.91 Å². The molecule has 8 nitrogen and oxygen atoms in total. The highest BCUT2D eigenvalue weighted by Gasteiger charge is 2.42. The maximum atomic E-state index is 12.8. The van der Waals surface area contributed by atoms with Crippen molar-refractivity contribution in [3.8, 4) is 5.75 Å². The highest BCUT2D eigenvalue weighted by atomic mass is 16.7. The molecule has 0 aliphatic carbocycles. The van der Waals surface area contributed by atoms with Crippen LogP contribution in [0.1, 0.15) is 49.8 Å². The van der Waals surface area contributed by atoms with E-state index in [1.54, 1.807) is 14.0 Å². The lowest BCUT2D eigenvalue weighted by atomic mass is 9.94. The minimum absolute atomic E-state index is 0.216. The van der Waals surface area contributed by atoms with Crippen LogP contribution in [-0.4, -0.2) is 39.1 Å². The predicted octanol–water partition coefficient (Wildman–Crippen LogP) is 2.21. The van der Waals surface area contributed by atoms with E-state index < -0.39 is 5.60 Å². The van der Waals surface area contributed by atoms with E-state index in [1.807, 2.05) is 24.3 Å². The van der Waals surface area contributed by atoms with Crippen LogP contribution >= 0.6 is 0 Å². The zero-order chi connectivity index (χ0) is 19.6. The molecule has 1 atom stereocenters. The molecule has 2 aromatic rings. The van der Waals surface area contributed by atoms with Gasteiger partial charge in [-0.25, -0.2) is 0 Å². The van der Waals surface area contributed by atoms with Gasteiger partial charge in [-0.3, -0.25) is 4.79 Å². The Morgan fingerprint density at radius 2 is 2.14 bits per heavy atom. The zero-order valence-electron chi connectivity index (χ0n) is 16.3. The second kappa shape index (κ2) is 7.61. The summed E-state index contributed by atoms with van der Waals surface area (Å²) in [5, 5.41) is 15.6. The molecule has 2 aliphatic rings. The molecule has 8 heteroatoms. The number of para-hydroxylation sites is 1. The highest BCUT2D eigenvalue weighted by molar-refractivity contribution is 6.07. The number of nitrogens with one attached hydrogen (secondary N) is 1. The molecule has 0 saturated heterocycles. The average Bonchev–Trinajstić information content (AvgIpc) is 3.22. The fourth-order valence-corrected chi connectivity index (χ4v) is 3.71. The van der Waals surface area contributed by atoms with Crippen molar-refractivity contribution in [1.29, 1.82) is 0 Å². The van der Waals surface area contributed by atoms with E-state index in [1.165, 1.54) is 6.42 Å². The van der Waals surface area contributed by atoms with Crippen LogP contribution < -0.4 is 10.1 Å². The SMILES string of the molecule is COc1ccccc1C1=NOC(C)(C(=O)NCc2nnc3n2CCCCC3)C1. The lowest BCUT2D eigenvalue weighted by Crippen LogP contribution is -2.44. The fraction of sp³-hybridized carbons (Fsp3) is 0.500. The van der Waals surface area contributed by atoms with Crippen LogP contribution in [0.25, 0.3) is 0 Å². The van der Waals surface area contributed by atoms with Crippen molar-refractivity contribution in [2.45, 2.75) is 57.7 Å². The maximum absolute atomic E-state index is 12.8. The summed E-state index contributed by atoms with van der Waals surface area (Å²) in [7, 11) is 1.61. The van der Waals surface area contributed by atoms with Gasteiger partial charge in [0, 0.05) is 24.9 Å². The summed E-state index contributed by atoms with van der Waals surface area (Å²) in [5.41, 5.74) is 0.480. The van der Waals surface area contributed by atoms with Crippen molar-refractivity contribution >= 4 is 11.6 Å². The zero-order valence-corrected chi connectivity index (χ0v) is 16.3. The van der Waals surface area contributed by atoms with Crippen LogP contribution in [0.3, 0.4) is 0 Å². The lowest BCUT2D eigenvalue weighted by molar-refractivity contribution is -0.141. The first kappa shape index (κ1) is 18.5. The van der Waals surface area contributed by atoms with Crippen LogP contribution in [0.5, 0.6) is 5.75 Å². The normalized spacial score (nSPS) is 21.3. The molecule has 1 aromatic heterocycles. The van der Waals surface area contributed by atoms with E-state index in [9.17, 15) is 4.79 Å². The smallest absolute Gasteiger partial charge is 0.267 e. The van der Waals surface area contributed by atoms with E-state index in [4.69, 9.17) is 9.57 Å². The summed E-state index contributed by atoms with van der Waals surface area (Å²) in [6.45, 7) is 2.98. The van der Waals surface area contributed by atoms with Crippen LogP contribution in [0.15, 0.2) is 29.4 Å². The molecule has 0 spiro atoms. The number of rotatable bonds is 5. The van der Waals surface area contributed by atoms with Gasteiger partial charge in [-0.2, -0.15) is 0 Å². The van der Waals surface area contributed by atoms with E-state index in [0.717, 1.165) is 43.0 Å². The molecule has 28 heavy (non-hydrogen) atoms. The molecule has 1 N–H and O–H groups in total. The number of ether oxygens (including phenoxy) is 1. The molecular weight excluding hydrogens is 358 g/mol. The topological polar surface area (TPSA) is 90.6 Å². The van der Waals surface area contributed by atoms with Gasteiger partial charge in [0.2, 0.25) is 5.60 Å². The molecule has 1 amide bonds. The van der Waals surface area contributed by atoms with Crippen molar-refractivity contribution in [2.24, 2.45) is 5.16 Å².